The molecule has 18 heavy (non-hydrogen) atoms. The molecule has 1 aromatic carbocycles. The molecule has 0 spiro atoms. The lowest BCUT2D eigenvalue weighted by Gasteiger charge is -2.22. The molecule has 0 saturated heterocycles. The summed E-state index contributed by atoms with van der Waals surface area (Å²) >= 11 is 0. The van der Waals surface area contributed by atoms with Crippen LogP contribution in [0.4, 0.5) is 0 Å². The Morgan fingerprint density at radius 1 is 1.28 bits per heavy atom. The van der Waals surface area contributed by atoms with Crippen LogP contribution in [0.25, 0.3) is 0 Å². The fraction of sp³-hybridized carbons (Fsp3) is 0.364. The maximum atomic E-state index is 11.9. The largest absolute Gasteiger partial charge is 0.479 e. The van der Waals surface area contributed by atoms with Crippen LogP contribution in [-0.4, -0.2) is 36.7 Å². The first-order valence-electron chi connectivity index (χ1n) is 5.32. The van der Waals surface area contributed by atoms with Gasteiger partial charge in [0, 0.05) is 6.54 Å². The van der Waals surface area contributed by atoms with E-state index in [1.54, 1.807) is 24.3 Å². The van der Waals surface area contributed by atoms with E-state index in [1.165, 1.54) is 0 Å². The SMILES string of the molecule is NCC(N)(C(=O)O)S(=O)(=O)CCc1ccccc1. The minimum atomic E-state index is -4.02. The number of aryl methyl sites for hydroxylation is 1. The van der Waals surface area contributed by atoms with Crippen LogP contribution in [0.3, 0.4) is 0 Å². The van der Waals surface area contributed by atoms with Crippen molar-refractivity contribution < 1.29 is 18.3 Å². The second-order valence-electron chi connectivity index (χ2n) is 3.95. The van der Waals surface area contributed by atoms with Gasteiger partial charge in [-0.1, -0.05) is 30.3 Å². The lowest BCUT2D eigenvalue weighted by atomic mass is 10.2. The van der Waals surface area contributed by atoms with E-state index in [-0.39, 0.29) is 12.2 Å². The van der Waals surface area contributed by atoms with Gasteiger partial charge in [-0.05, 0) is 12.0 Å². The fourth-order valence-electron chi connectivity index (χ4n) is 1.43. The summed E-state index contributed by atoms with van der Waals surface area (Å²) in [6, 6.07) is 8.88. The van der Waals surface area contributed by atoms with Crippen LogP contribution < -0.4 is 11.5 Å². The first-order valence-corrected chi connectivity index (χ1v) is 6.97. The van der Waals surface area contributed by atoms with Crippen LogP contribution in [0.5, 0.6) is 0 Å². The van der Waals surface area contributed by atoms with Gasteiger partial charge in [0.15, 0.2) is 9.84 Å². The van der Waals surface area contributed by atoms with Gasteiger partial charge in [-0.25, -0.2) is 13.2 Å². The molecule has 0 heterocycles. The molecule has 0 aliphatic carbocycles. The second kappa shape index (κ2) is 5.47. The highest BCUT2D eigenvalue weighted by Gasteiger charge is 2.45. The molecule has 0 fully saturated rings. The summed E-state index contributed by atoms with van der Waals surface area (Å²) < 4.78 is 23.8. The molecule has 0 aromatic heterocycles. The minimum Gasteiger partial charge on any atom is -0.479 e. The van der Waals surface area contributed by atoms with E-state index in [4.69, 9.17) is 16.6 Å². The number of aliphatic carboxylic acids is 1. The third kappa shape index (κ3) is 2.87. The Morgan fingerprint density at radius 3 is 2.28 bits per heavy atom. The number of nitrogens with two attached hydrogens (primary N) is 2. The highest BCUT2D eigenvalue weighted by Crippen LogP contribution is 2.13. The highest BCUT2D eigenvalue weighted by molar-refractivity contribution is 7.93. The predicted octanol–water partition coefficient (Wildman–Crippen LogP) is -0.658. The summed E-state index contributed by atoms with van der Waals surface area (Å²) in [7, 11) is -4.02. The number of carboxylic acids is 1. The molecule has 1 aromatic rings. The third-order valence-corrected chi connectivity index (χ3v) is 4.92. The van der Waals surface area contributed by atoms with Crippen molar-refractivity contribution in [3.63, 3.8) is 0 Å². The molecule has 0 aliphatic heterocycles. The zero-order chi connectivity index (χ0) is 13.8. The first-order chi connectivity index (χ1) is 8.33. The molecule has 0 radical (unpaired) electrons. The van der Waals surface area contributed by atoms with Gasteiger partial charge in [-0.2, -0.15) is 0 Å². The van der Waals surface area contributed by atoms with E-state index in [9.17, 15) is 13.2 Å². The van der Waals surface area contributed by atoms with Crippen molar-refractivity contribution in [1.82, 2.24) is 0 Å². The van der Waals surface area contributed by atoms with E-state index < -0.39 is 27.2 Å². The summed E-state index contributed by atoms with van der Waals surface area (Å²) in [6.45, 7) is -0.653. The lowest BCUT2D eigenvalue weighted by molar-refractivity contribution is -0.139. The van der Waals surface area contributed by atoms with Gasteiger partial charge in [0.05, 0.1) is 5.75 Å². The van der Waals surface area contributed by atoms with Gasteiger partial charge in [-0.15, -0.1) is 0 Å². The van der Waals surface area contributed by atoms with Crippen molar-refractivity contribution in [2.75, 3.05) is 12.3 Å². The second-order valence-corrected chi connectivity index (χ2v) is 6.32. The van der Waals surface area contributed by atoms with Crippen LogP contribution in [-0.2, 0) is 21.1 Å². The lowest BCUT2D eigenvalue weighted by Crippen LogP contribution is -2.60. The van der Waals surface area contributed by atoms with Crippen LogP contribution in [0, 0.1) is 0 Å². The molecule has 5 N–H and O–H groups in total. The average Bonchev–Trinajstić information content (AvgIpc) is 2.36. The maximum Gasteiger partial charge on any atom is 0.340 e. The van der Waals surface area contributed by atoms with Crippen molar-refractivity contribution in [2.45, 2.75) is 11.3 Å². The first kappa shape index (κ1) is 14.6. The van der Waals surface area contributed by atoms with E-state index in [2.05, 4.69) is 0 Å². The molecule has 0 aliphatic rings. The number of carboxylic acid groups (broad SMARTS) is 1. The molecule has 7 heteroatoms. The van der Waals surface area contributed by atoms with Gasteiger partial charge in [0.1, 0.15) is 0 Å². The Labute approximate surface area is 106 Å². The number of benzene rings is 1. The smallest absolute Gasteiger partial charge is 0.340 e. The molecule has 1 atom stereocenters. The molecular formula is C11H16N2O4S. The number of rotatable bonds is 6. The molecule has 0 amide bonds. The zero-order valence-electron chi connectivity index (χ0n) is 9.74. The van der Waals surface area contributed by atoms with Crippen LogP contribution >= 0.6 is 0 Å². The van der Waals surface area contributed by atoms with Crippen molar-refractivity contribution in [3.05, 3.63) is 35.9 Å². The Morgan fingerprint density at radius 2 is 1.83 bits per heavy atom. The van der Waals surface area contributed by atoms with Gasteiger partial charge < -0.3 is 16.6 Å². The minimum absolute atomic E-state index is 0.204. The van der Waals surface area contributed by atoms with E-state index >= 15 is 0 Å². The standard InChI is InChI=1S/C11H16N2O4S/c12-8-11(13,10(14)15)18(16,17)7-6-9-4-2-1-3-5-9/h1-5H,6-8,12-13H2,(H,14,15). The Kier molecular flexibility index (Phi) is 4.44. The number of hydrogen-bond acceptors (Lipinski definition) is 5. The fourth-order valence-corrected chi connectivity index (χ4v) is 2.81. The Balaban J connectivity index is 2.86. The van der Waals surface area contributed by atoms with E-state index in [1.807, 2.05) is 6.07 Å². The summed E-state index contributed by atoms with van der Waals surface area (Å²) in [5, 5.41) is 8.88. The van der Waals surface area contributed by atoms with Crippen molar-refractivity contribution in [1.29, 1.82) is 0 Å². The number of hydrogen-bond donors (Lipinski definition) is 3. The zero-order valence-corrected chi connectivity index (χ0v) is 10.6. The molecule has 1 unspecified atom stereocenters. The quantitative estimate of drug-likeness (QED) is 0.631. The summed E-state index contributed by atoms with van der Waals surface area (Å²) in [4.78, 5) is 8.51. The molecular weight excluding hydrogens is 256 g/mol. The van der Waals surface area contributed by atoms with Crippen LogP contribution in [0.1, 0.15) is 5.56 Å². The number of carbonyl (C=O) groups is 1. The molecule has 6 nitrogen and oxygen atoms in total. The summed E-state index contributed by atoms with van der Waals surface area (Å²) in [5.41, 5.74) is 11.3. The van der Waals surface area contributed by atoms with Crippen molar-refractivity contribution in [3.8, 4) is 0 Å². The maximum absolute atomic E-state index is 11.9. The topological polar surface area (TPSA) is 123 Å². The highest BCUT2D eigenvalue weighted by atomic mass is 32.2. The van der Waals surface area contributed by atoms with Crippen LogP contribution in [0.2, 0.25) is 0 Å². The van der Waals surface area contributed by atoms with Gasteiger partial charge in [0.25, 0.3) is 0 Å². The molecule has 100 valence electrons. The average molecular weight is 272 g/mol. The Hall–Kier alpha value is -1.44. The normalized spacial score (nSPS) is 15.0. The summed E-state index contributed by atoms with van der Waals surface area (Å²) in [6.07, 6.45) is 0.204. The Bertz CT molecular complexity index is 515. The summed E-state index contributed by atoms with van der Waals surface area (Å²) in [5.74, 6) is -1.98. The van der Waals surface area contributed by atoms with Crippen molar-refractivity contribution in [2.24, 2.45) is 11.5 Å². The molecule has 0 saturated carbocycles. The number of sulfone groups is 1. The van der Waals surface area contributed by atoms with E-state index in [0.29, 0.717) is 0 Å². The van der Waals surface area contributed by atoms with Gasteiger partial charge >= 0.3 is 5.97 Å². The monoisotopic (exact) mass is 272 g/mol. The molecule has 1 rings (SSSR count). The van der Waals surface area contributed by atoms with Gasteiger partial charge in [-0.3, -0.25) is 0 Å². The predicted molar refractivity (Wildman–Crippen MR) is 67.5 cm³/mol. The van der Waals surface area contributed by atoms with Crippen LogP contribution in [0.15, 0.2) is 30.3 Å². The van der Waals surface area contributed by atoms with E-state index in [0.717, 1.165) is 5.56 Å². The van der Waals surface area contributed by atoms with Gasteiger partial charge in [0.2, 0.25) is 4.87 Å². The third-order valence-electron chi connectivity index (χ3n) is 2.72. The molecule has 0 bridgehead atoms. The van der Waals surface area contributed by atoms with Crippen molar-refractivity contribution >= 4 is 15.8 Å².